The highest BCUT2D eigenvalue weighted by Gasteiger charge is 2.40. The molecule has 1 aliphatic heterocycles. The Labute approximate surface area is 185 Å². The molecule has 0 spiro atoms. The van der Waals surface area contributed by atoms with Crippen LogP contribution in [-0.2, 0) is 13.5 Å². The van der Waals surface area contributed by atoms with E-state index in [1.165, 1.54) is 19.2 Å². The van der Waals surface area contributed by atoms with Crippen molar-refractivity contribution in [3.63, 3.8) is 0 Å². The van der Waals surface area contributed by atoms with Gasteiger partial charge in [0.25, 0.3) is 5.91 Å². The largest absolute Gasteiger partial charge is 0.495 e. The second-order valence-corrected chi connectivity index (χ2v) is 8.01. The summed E-state index contributed by atoms with van der Waals surface area (Å²) in [5, 5.41) is 4.71. The van der Waals surface area contributed by atoms with Gasteiger partial charge in [-0.3, -0.25) is 14.5 Å². The summed E-state index contributed by atoms with van der Waals surface area (Å²) in [7, 11) is 3.30. The molecular formula is C24H26F2N4O2. The summed E-state index contributed by atoms with van der Waals surface area (Å²) in [4.78, 5) is 19.6. The fourth-order valence-corrected chi connectivity index (χ4v) is 4.66. The number of carbonyl (C=O) groups is 1. The summed E-state index contributed by atoms with van der Waals surface area (Å²) in [6.45, 7) is 4.04. The van der Waals surface area contributed by atoms with E-state index in [0.717, 1.165) is 23.7 Å². The molecule has 0 radical (unpaired) electrons. The van der Waals surface area contributed by atoms with E-state index in [1.54, 1.807) is 30.2 Å². The third kappa shape index (κ3) is 3.74. The summed E-state index contributed by atoms with van der Waals surface area (Å²) in [6, 6.07) is 4.83. The van der Waals surface area contributed by atoms with E-state index in [2.05, 4.69) is 4.98 Å². The molecule has 2 unspecified atom stereocenters. The standard InChI is InChI=1S/C24H26F2N4O2/c1-5-18-11-20-22(28-29(3)23(20)14-7-16(25)10-17(26)8-14)21(6-2)30(18)24(31)15-9-19(32-4)13-27-12-15/h7-10,12-13,18,21H,5-6,11H2,1-4H3. The minimum absolute atomic E-state index is 0.0903. The molecule has 3 heterocycles. The Morgan fingerprint density at radius 3 is 2.47 bits per heavy atom. The number of pyridine rings is 1. The molecule has 2 atom stereocenters. The molecule has 6 nitrogen and oxygen atoms in total. The lowest BCUT2D eigenvalue weighted by atomic mass is 9.87. The molecule has 0 fully saturated rings. The van der Waals surface area contributed by atoms with Gasteiger partial charge in [-0.15, -0.1) is 0 Å². The van der Waals surface area contributed by atoms with Gasteiger partial charge in [0.05, 0.1) is 36.3 Å². The van der Waals surface area contributed by atoms with Crippen molar-refractivity contribution in [2.45, 2.75) is 45.2 Å². The number of carbonyl (C=O) groups excluding carboxylic acids is 1. The van der Waals surface area contributed by atoms with Gasteiger partial charge >= 0.3 is 0 Å². The van der Waals surface area contributed by atoms with Crippen LogP contribution < -0.4 is 4.74 Å². The van der Waals surface area contributed by atoms with Crippen molar-refractivity contribution in [2.75, 3.05) is 7.11 Å². The molecule has 1 aliphatic rings. The maximum atomic E-state index is 13.9. The number of nitrogens with zero attached hydrogens (tertiary/aromatic N) is 4. The summed E-state index contributed by atoms with van der Waals surface area (Å²) < 4.78 is 34.8. The third-order valence-electron chi connectivity index (χ3n) is 6.09. The fourth-order valence-electron chi connectivity index (χ4n) is 4.66. The highest BCUT2D eigenvalue weighted by molar-refractivity contribution is 5.95. The molecule has 4 rings (SSSR count). The number of methoxy groups -OCH3 is 1. The third-order valence-corrected chi connectivity index (χ3v) is 6.09. The monoisotopic (exact) mass is 440 g/mol. The van der Waals surface area contributed by atoms with Crippen LogP contribution in [-0.4, -0.2) is 38.7 Å². The van der Waals surface area contributed by atoms with Gasteiger partial charge < -0.3 is 9.64 Å². The number of fused-ring (bicyclic) bond motifs is 1. The van der Waals surface area contributed by atoms with Gasteiger partial charge in [0, 0.05) is 36.5 Å². The summed E-state index contributed by atoms with van der Waals surface area (Å²) >= 11 is 0. The molecule has 0 N–H and O–H groups in total. The number of hydrogen-bond donors (Lipinski definition) is 0. The van der Waals surface area contributed by atoms with Crippen LogP contribution in [0.2, 0.25) is 0 Å². The van der Waals surface area contributed by atoms with Crippen molar-refractivity contribution >= 4 is 5.91 Å². The molecule has 0 bridgehead atoms. The summed E-state index contributed by atoms with van der Waals surface area (Å²) in [5.74, 6) is -0.882. The van der Waals surface area contributed by atoms with E-state index in [0.29, 0.717) is 35.4 Å². The smallest absolute Gasteiger partial charge is 0.256 e. The van der Waals surface area contributed by atoms with E-state index in [4.69, 9.17) is 9.84 Å². The van der Waals surface area contributed by atoms with Gasteiger partial charge in [-0.1, -0.05) is 13.8 Å². The number of rotatable bonds is 5. The Hall–Kier alpha value is -3.29. The maximum Gasteiger partial charge on any atom is 0.256 e. The number of hydrogen-bond acceptors (Lipinski definition) is 4. The first kappa shape index (κ1) is 21.9. The van der Waals surface area contributed by atoms with Crippen molar-refractivity contribution in [3.05, 3.63) is 65.1 Å². The molecule has 0 saturated heterocycles. The van der Waals surface area contributed by atoms with E-state index in [9.17, 15) is 13.6 Å². The highest BCUT2D eigenvalue weighted by Crippen LogP contribution is 2.41. The van der Waals surface area contributed by atoms with Crippen LogP contribution in [0.3, 0.4) is 0 Å². The minimum atomic E-state index is -0.632. The van der Waals surface area contributed by atoms with E-state index >= 15 is 0 Å². The molecule has 1 aromatic carbocycles. The van der Waals surface area contributed by atoms with Crippen molar-refractivity contribution in [3.8, 4) is 17.0 Å². The molecular weight excluding hydrogens is 414 g/mol. The number of halogens is 2. The van der Waals surface area contributed by atoms with Gasteiger partial charge in [-0.05, 0) is 37.5 Å². The van der Waals surface area contributed by atoms with E-state index in [-0.39, 0.29) is 18.0 Å². The fraction of sp³-hybridized carbons (Fsp3) is 0.375. The van der Waals surface area contributed by atoms with Crippen LogP contribution in [0.4, 0.5) is 8.78 Å². The van der Waals surface area contributed by atoms with Crippen molar-refractivity contribution < 1.29 is 18.3 Å². The molecule has 3 aromatic rings. The van der Waals surface area contributed by atoms with Crippen molar-refractivity contribution in [1.82, 2.24) is 19.7 Å². The quantitative estimate of drug-likeness (QED) is 0.577. The van der Waals surface area contributed by atoms with Crippen LogP contribution in [0.5, 0.6) is 5.75 Å². The number of aromatic nitrogens is 3. The minimum Gasteiger partial charge on any atom is -0.495 e. The van der Waals surface area contributed by atoms with Crippen LogP contribution in [0, 0.1) is 11.6 Å². The second kappa shape index (κ2) is 8.68. The Kier molecular flexibility index (Phi) is 5.95. The van der Waals surface area contributed by atoms with Crippen LogP contribution in [0.25, 0.3) is 11.3 Å². The Bertz CT molecular complexity index is 1140. The molecule has 2 aromatic heterocycles. The molecule has 0 saturated carbocycles. The summed E-state index contributed by atoms with van der Waals surface area (Å²) in [6.07, 6.45) is 5.03. The first-order valence-corrected chi connectivity index (χ1v) is 10.7. The average molecular weight is 440 g/mol. The van der Waals surface area contributed by atoms with Gasteiger partial charge in [-0.2, -0.15) is 5.10 Å². The lowest BCUT2D eigenvalue weighted by molar-refractivity contribution is 0.0512. The van der Waals surface area contributed by atoms with Gasteiger partial charge in [0.15, 0.2) is 0 Å². The Balaban J connectivity index is 1.81. The zero-order valence-electron chi connectivity index (χ0n) is 18.6. The van der Waals surface area contributed by atoms with Crippen LogP contribution in [0.1, 0.15) is 54.3 Å². The average Bonchev–Trinajstić information content (AvgIpc) is 3.11. The lowest BCUT2D eigenvalue weighted by Gasteiger charge is -2.41. The van der Waals surface area contributed by atoms with Gasteiger partial charge in [-0.25, -0.2) is 8.78 Å². The normalized spacial score (nSPS) is 17.9. The lowest BCUT2D eigenvalue weighted by Crippen LogP contribution is -2.47. The number of benzene rings is 1. The number of ether oxygens (including phenoxy) is 1. The van der Waals surface area contributed by atoms with Gasteiger partial charge in [0.2, 0.25) is 0 Å². The molecule has 1 amide bonds. The van der Waals surface area contributed by atoms with E-state index < -0.39 is 11.6 Å². The van der Waals surface area contributed by atoms with E-state index in [1.807, 2.05) is 18.7 Å². The van der Waals surface area contributed by atoms with Gasteiger partial charge in [0.1, 0.15) is 17.4 Å². The zero-order chi connectivity index (χ0) is 23.0. The number of aryl methyl sites for hydroxylation is 1. The Morgan fingerprint density at radius 2 is 1.84 bits per heavy atom. The molecule has 32 heavy (non-hydrogen) atoms. The number of amides is 1. The molecule has 8 heteroatoms. The SMILES string of the molecule is CCC1Cc2c(nn(C)c2-c2cc(F)cc(F)c2)C(CC)N1C(=O)c1cncc(OC)c1. The first-order valence-electron chi connectivity index (χ1n) is 10.7. The first-order chi connectivity index (χ1) is 15.4. The van der Waals surface area contributed by atoms with Crippen molar-refractivity contribution in [1.29, 1.82) is 0 Å². The van der Waals surface area contributed by atoms with Crippen LogP contribution in [0.15, 0.2) is 36.7 Å². The predicted octanol–water partition coefficient (Wildman–Crippen LogP) is 4.70. The maximum absolute atomic E-state index is 13.9. The molecule has 168 valence electrons. The van der Waals surface area contributed by atoms with Crippen LogP contribution >= 0.6 is 0 Å². The molecule has 0 aliphatic carbocycles. The summed E-state index contributed by atoms with van der Waals surface area (Å²) in [5.41, 5.74) is 3.28. The predicted molar refractivity (Wildman–Crippen MR) is 116 cm³/mol. The zero-order valence-corrected chi connectivity index (χ0v) is 18.6. The second-order valence-electron chi connectivity index (χ2n) is 8.01. The topological polar surface area (TPSA) is 60.2 Å². The Morgan fingerprint density at radius 1 is 1.12 bits per heavy atom. The van der Waals surface area contributed by atoms with Crippen molar-refractivity contribution in [2.24, 2.45) is 7.05 Å². The highest BCUT2D eigenvalue weighted by atomic mass is 19.1.